The van der Waals surface area contributed by atoms with Gasteiger partial charge in [-0.15, -0.1) is 0 Å². The van der Waals surface area contributed by atoms with Crippen LogP contribution in [-0.4, -0.2) is 37.7 Å². The van der Waals surface area contributed by atoms with E-state index in [4.69, 9.17) is 20.4 Å². The van der Waals surface area contributed by atoms with Crippen LogP contribution in [0.15, 0.2) is 53.4 Å². The molecule has 2 rings (SSSR count). The van der Waals surface area contributed by atoms with Crippen LogP contribution in [0.4, 0.5) is 5.69 Å². The van der Waals surface area contributed by atoms with Crippen LogP contribution >= 0.6 is 0 Å². The molecule has 0 saturated heterocycles. The minimum Gasteiger partial charge on any atom is -0.497 e. The minimum atomic E-state index is -4.16. The Morgan fingerprint density at radius 2 is 1.81 bits per heavy atom. The van der Waals surface area contributed by atoms with Crippen LogP contribution in [0, 0.1) is 0 Å². The number of carbonyl (C=O) groups excluding carboxylic acids is 1. The van der Waals surface area contributed by atoms with Crippen molar-refractivity contribution < 1.29 is 27.9 Å². The van der Waals surface area contributed by atoms with Gasteiger partial charge < -0.3 is 20.4 Å². The van der Waals surface area contributed by atoms with E-state index in [2.05, 4.69) is 0 Å². The van der Waals surface area contributed by atoms with E-state index in [1.54, 1.807) is 24.3 Å². The zero-order valence-electron chi connectivity index (χ0n) is 14.2. The number of ether oxygens (including phenoxy) is 1. The third-order valence-electron chi connectivity index (χ3n) is 3.50. The van der Waals surface area contributed by atoms with Crippen molar-refractivity contribution in [3.05, 3.63) is 54.1 Å². The van der Waals surface area contributed by atoms with Crippen LogP contribution in [-0.2, 0) is 26.2 Å². The number of aliphatic hydroxyl groups is 1. The number of carbonyl (C=O) groups is 1. The van der Waals surface area contributed by atoms with Gasteiger partial charge in [0.15, 0.2) is 0 Å². The van der Waals surface area contributed by atoms with Crippen LogP contribution in [0.2, 0.25) is 0 Å². The van der Waals surface area contributed by atoms with Gasteiger partial charge in [0.25, 0.3) is 10.0 Å². The first-order chi connectivity index (χ1) is 12.4. The van der Waals surface area contributed by atoms with E-state index in [9.17, 15) is 13.2 Å². The van der Waals surface area contributed by atoms with Crippen molar-refractivity contribution in [2.24, 2.45) is 0 Å². The number of hydrogen-bond acceptors (Lipinski definition) is 7. The number of hydroxylamine groups is 1. The van der Waals surface area contributed by atoms with E-state index in [0.717, 1.165) is 0 Å². The average molecular weight is 380 g/mol. The summed E-state index contributed by atoms with van der Waals surface area (Å²) in [4.78, 5) is 16.7. The molecule has 3 N–H and O–H groups in total. The highest BCUT2D eigenvalue weighted by atomic mass is 32.2. The SMILES string of the molecule is COc1ccc(S(=O)(=O)N(Cc2ccccc2N)OC(=O)CCO)cc1. The number of benzene rings is 2. The van der Waals surface area contributed by atoms with Gasteiger partial charge in [-0.3, -0.25) is 4.79 Å². The molecule has 0 radical (unpaired) electrons. The molecule has 9 heteroatoms. The van der Waals surface area contributed by atoms with E-state index in [0.29, 0.717) is 21.5 Å². The summed E-state index contributed by atoms with van der Waals surface area (Å²) in [5, 5.41) is 8.86. The third kappa shape index (κ3) is 4.72. The Labute approximate surface area is 151 Å². The summed E-state index contributed by atoms with van der Waals surface area (Å²) in [5.74, 6) is -0.390. The fourth-order valence-corrected chi connectivity index (χ4v) is 3.30. The first-order valence-electron chi connectivity index (χ1n) is 7.70. The first-order valence-corrected chi connectivity index (χ1v) is 9.14. The van der Waals surface area contributed by atoms with E-state index in [1.807, 2.05) is 0 Å². The summed E-state index contributed by atoms with van der Waals surface area (Å²) < 4.78 is 31.4. The number of rotatable bonds is 8. The summed E-state index contributed by atoms with van der Waals surface area (Å²) in [5.41, 5.74) is 6.69. The Hall–Kier alpha value is -2.62. The van der Waals surface area contributed by atoms with Crippen LogP contribution in [0.5, 0.6) is 5.75 Å². The number of anilines is 1. The quantitative estimate of drug-likeness (QED) is 0.523. The molecule has 0 saturated carbocycles. The Morgan fingerprint density at radius 3 is 2.38 bits per heavy atom. The van der Waals surface area contributed by atoms with E-state index in [1.165, 1.54) is 31.4 Å². The van der Waals surface area contributed by atoms with Crippen molar-refractivity contribution in [3.63, 3.8) is 0 Å². The van der Waals surface area contributed by atoms with Gasteiger partial charge in [-0.25, -0.2) is 8.42 Å². The standard InChI is InChI=1S/C17H20N2O6S/c1-24-14-6-8-15(9-7-14)26(22,23)19(25-17(21)10-11-20)12-13-4-2-3-5-16(13)18/h2-9,20H,10-12,18H2,1H3. The van der Waals surface area contributed by atoms with Crippen LogP contribution in [0.3, 0.4) is 0 Å². The maximum Gasteiger partial charge on any atom is 0.328 e. The lowest BCUT2D eigenvalue weighted by molar-refractivity contribution is -0.171. The fraction of sp³-hybridized carbons (Fsp3) is 0.235. The molecule has 0 heterocycles. The number of nitrogens with zero attached hydrogens (tertiary/aromatic N) is 1. The molecule has 0 amide bonds. The molecule has 0 spiro atoms. The van der Waals surface area contributed by atoms with Gasteiger partial charge in [-0.1, -0.05) is 18.2 Å². The summed E-state index contributed by atoms with van der Waals surface area (Å²) in [6.07, 6.45) is -0.334. The van der Waals surface area contributed by atoms with Crippen molar-refractivity contribution >= 4 is 21.7 Å². The van der Waals surface area contributed by atoms with Crippen LogP contribution < -0.4 is 10.5 Å². The van der Waals surface area contributed by atoms with Gasteiger partial charge in [0.05, 0.1) is 31.6 Å². The Morgan fingerprint density at radius 1 is 1.15 bits per heavy atom. The molecule has 0 aromatic heterocycles. The monoisotopic (exact) mass is 380 g/mol. The smallest absolute Gasteiger partial charge is 0.328 e. The molecule has 0 fully saturated rings. The first kappa shape index (κ1) is 19.7. The number of aliphatic hydroxyl groups excluding tert-OH is 1. The number of methoxy groups -OCH3 is 1. The van der Waals surface area contributed by atoms with Gasteiger partial charge >= 0.3 is 5.97 Å². The molecule has 0 aliphatic heterocycles. The molecule has 26 heavy (non-hydrogen) atoms. The lowest BCUT2D eigenvalue weighted by atomic mass is 10.2. The summed E-state index contributed by atoms with van der Waals surface area (Å²) >= 11 is 0. The maximum atomic E-state index is 12.9. The van der Waals surface area contributed by atoms with E-state index in [-0.39, 0.29) is 17.9 Å². The van der Waals surface area contributed by atoms with Gasteiger partial charge in [-0.2, -0.15) is 0 Å². The fourth-order valence-electron chi connectivity index (χ4n) is 2.10. The van der Waals surface area contributed by atoms with E-state index >= 15 is 0 Å². The predicted octanol–water partition coefficient (Wildman–Crippen LogP) is 1.31. The highest BCUT2D eigenvalue weighted by molar-refractivity contribution is 7.89. The molecule has 0 aliphatic carbocycles. The Bertz CT molecular complexity index is 852. The number of para-hydroxylation sites is 1. The number of sulfonamides is 1. The molecule has 0 bridgehead atoms. The van der Waals surface area contributed by atoms with Gasteiger partial charge in [-0.05, 0) is 40.4 Å². The highest BCUT2D eigenvalue weighted by Crippen LogP contribution is 2.23. The zero-order chi connectivity index (χ0) is 19.2. The second-order valence-corrected chi connectivity index (χ2v) is 7.11. The topological polar surface area (TPSA) is 119 Å². The summed E-state index contributed by atoms with van der Waals surface area (Å²) in [6, 6.07) is 12.3. The Balaban J connectivity index is 2.37. The minimum absolute atomic E-state index is 0.0791. The van der Waals surface area contributed by atoms with Crippen molar-refractivity contribution in [1.82, 2.24) is 4.47 Å². The maximum absolute atomic E-state index is 12.9. The van der Waals surface area contributed by atoms with Crippen molar-refractivity contribution in [2.45, 2.75) is 17.9 Å². The van der Waals surface area contributed by atoms with Gasteiger partial charge in [0.1, 0.15) is 5.75 Å². The normalized spacial score (nSPS) is 11.3. The number of nitrogen functional groups attached to an aromatic ring is 1. The van der Waals surface area contributed by atoms with Crippen molar-refractivity contribution in [2.75, 3.05) is 19.5 Å². The molecule has 140 valence electrons. The van der Waals surface area contributed by atoms with Crippen molar-refractivity contribution in [1.29, 1.82) is 0 Å². The highest BCUT2D eigenvalue weighted by Gasteiger charge is 2.29. The van der Waals surface area contributed by atoms with Crippen molar-refractivity contribution in [3.8, 4) is 5.75 Å². The molecule has 8 nitrogen and oxygen atoms in total. The summed E-state index contributed by atoms with van der Waals surface area (Å²) in [6.45, 7) is -0.721. The molecule has 2 aromatic carbocycles. The largest absolute Gasteiger partial charge is 0.497 e. The Kier molecular flexibility index (Phi) is 6.56. The molecule has 2 aromatic rings. The second kappa shape index (κ2) is 8.65. The second-order valence-electron chi connectivity index (χ2n) is 5.28. The average Bonchev–Trinajstić information content (AvgIpc) is 2.63. The molecule has 0 unspecified atom stereocenters. The lowest BCUT2D eigenvalue weighted by Crippen LogP contribution is -2.33. The lowest BCUT2D eigenvalue weighted by Gasteiger charge is -2.21. The van der Waals surface area contributed by atoms with E-state index < -0.39 is 22.6 Å². The number of hydrogen-bond donors (Lipinski definition) is 2. The zero-order valence-corrected chi connectivity index (χ0v) is 15.0. The third-order valence-corrected chi connectivity index (χ3v) is 5.11. The molecular formula is C17H20N2O6S. The van der Waals surface area contributed by atoms with Crippen LogP contribution in [0.25, 0.3) is 0 Å². The molecule has 0 atom stereocenters. The number of nitrogens with two attached hydrogens (primary N) is 1. The van der Waals surface area contributed by atoms with Gasteiger partial charge in [0, 0.05) is 5.69 Å². The predicted molar refractivity (Wildman–Crippen MR) is 94.4 cm³/mol. The van der Waals surface area contributed by atoms with Gasteiger partial charge in [0.2, 0.25) is 0 Å². The molecular weight excluding hydrogens is 360 g/mol. The van der Waals surface area contributed by atoms with Crippen LogP contribution in [0.1, 0.15) is 12.0 Å². The summed E-state index contributed by atoms with van der Waals surface area (Å²) in [7, 11) is -2.69. The molecule has 0 aliphatic rings.